The number of benzene rings is 4. The van der Waals surface area contributed by atoms with Crippen molar-refractivity contribution in [2.75, 3.05) is 0 Å². The lowest BCUT2D eigenvalue weighted by Gasteiger charge is -2.36. The van der Waals surface area contributed by atoms with E-state index >= 15 is 0 Å². The van der Waals surface area contributed by atoms with Crippen LogP contribution in [0, 0.1) is 15.5 Å². The molecule has 2 heterocycles. The van der Waals surface area contributed by atoms with Crippen LogP contribution in [0.2, 0.25) is 5.02 Å². The number of Topliss-reactive ketones (excluding diaryl/α,β-unsaturated/α-hetero) is 3. The fraction of sp³-hybridized carbons (Fsp3) is 0.125. The smallest absolute Gasteiger partial charge is 0.269 e. The molecule has 1 aliphatic carbocycles. The molecule has 1 saturated heterocycles. The van der Waals surface area contributed by atoms with Gasteiger partial charge in [0.2, 0.25) is 0 Å². The minimum Gasteiger partial charge on any atom is -0.293 e. The number of non-ortho nitro benzene ring substituents is 1. The van der Waals surface area contributed by atoms with Crippen LogP contribution >= 0.6 is 11.6 Å². The van der Waals surface area contributed by atoms with Gasteiger partial charge < -0.3 is 0 Å². The van der Waals surface area contributed by atoms with Crippen molar-refractivity contribution >= 4 is 40.9 Å². The Labute approximate surface area is 239 Å². The molecule has 0 aromatic heterocycles. The summed E-state index contributed by atoms with van der Waals surface area (Å²) in [4.78, 5) is 55.1. The van der Waals surface area contributed by atoms with E-state index in [-0.39, 0.29) is 22.6 Å². The number of carbonyl (C=O) groups is 3. The zero-order chi connectivity index (χ0) is 28.5. The summed E-state index contributed by atoms with van der Waals surface area (Å²) < 4.78 is 0. The molecule has 0 amide bonds. The van der Waals surface area contributed by atoms with E-state index in [0.29, 0.717) is 21.7 Å². The van der Waals surface area contributed by atoms with Crippen molar-refractivity contribution in [1.29, 1.82) is 0 Å². The van der Waals surface area contributed by atoms with Crippen molar-refractivity contribution in [3.63, 3.8) is 0 Å². The Bertz CT molecular complexity index is 1800. The largest absolute Gasteiger partial charge is 0.293 e. The standard InChI is InChI=1S/C32H20ClN3O5/c33-21-14-12-18(13-15-21)28(37)27-26(19-7-5-8-22(16-19)36(40)41)32(30(38)24-10-3-4-11-25(24)31(32)39)29-23-9-2-1-6-20(23)17-34-35(27)29/h1-17,26-27,29H/t26-,27+,29-/m1/s1. The van der Waals surface area contributed by atoms with Crippen LogP contribution < -0.4 is 0 Å². The fourth-order valence-electron chi connectivity index (χ4n) is 6.77. The summed E-state index contributed by atoms with van der Waals surface area (Å²) in [5.74, 6) is -2.33. The molecule has 0 N–H and O–H groups in total. The summed E-state index contributed by atoms with van der Waals surface area (Å²) in [7, 11) is 0. The number of halogens is 1. The molecule has 200 valence electrons. The summed E-state index contributed by atoms with van der Waals surface area (Å²) in [6.45, 7) is 0. The maximum Gasteiger partial charge on any atom is 0.269 e. The molecule has 3 aliphatic rings. The Morgan fingerprint density at radius 1 is 0.878 bits per heavy atom. The molecule has 0 bridgehead atoms. The highest BCUT2D eigenvalue weighted by Gasteiger charge is 2.72. The highest BCUT2D eigenvalue weighted by molar-refractivity contribution is 6.32. The van der Waals surface area contributed by atoms with Crippen LogP contribution in [-0.2, 0) is 0 Å². The van der Waals surface area contributed by atoms with E-state index in [9.17, 15) is 24.5 Å². The zero-order valence-corrected chi connectivity index (χ0v) is 22.1. The van der Waals surface area contributed by atoms with Crippen LogP contribution in [-0.4, -0.2) is 39.5 Å². The summed E-state index contributed by atoms with van der Waals surface area (Å²) in [5, 5.41) is 18.5. The Kier molecular flexibility index (Phi) is 5.52. The van der Waals surface area contributed by atoms with Crippen LogP contribution in [0.3, 0.4) is 0 Å². The second kappa shape index (κ2) is 9.04. The normalized spacial score (nSPS) is 21.5. The van der Waals surface area contributed by atoms with Gasteiger partial charge in [0, 0.05) is 39.8 Å². The van der Waals surface area contributed by atoms with E-state index in [2.05, 4.69) is 5.10 Å². The lowest BCUT2D eigenvalue weighted by Crippen LogP contribution is -2.43. The second-order valence-corrected chi connectivity index (χ2v) is 10.8. The predicted octanol–water partition coefficient (Wildman–Crippen LogP) is 6.05. The van der Waals surface area contributed by atoms with E-state index in [0.717, 1.165) is 5.56 Å². The Morgan fingerprint density at radius 2 is 1.54 bits per heavy atom. The summed E-state index contributed by atoms with van der Waals surface area (Å²) in [6, 6.07) is 24.1. The molecule has 8 nitrogen and oxygen atoms in total. The summed E-state index contributed by atoms with van der Waals surface area (Å²) in [5.41, 5.74) is 0.567. The Balaban J connectivity index is 1.56. The molecule has 4 aromatic carbocycles. The van der Waals surface area contributed by atoms with Crippen LogP contribution in [0.5, 0.6) is 0 Å². The molecule has 9 heteroatoms. The molecule has 41 heavy (non-hydrogen) atoms. The molecular formula is C32H20ClN3O5. The first-order chi connectivity index (χ1) is 19.8. The zero-order valence-electron chi connectivity index (χ0n) is 21.3. The van der Waals surface area contributed by atoms with E-state index in [1.807, 2.05) is 24.3 Å². The highest BCUT2D eigenvalue weighted by atomic mass is 35.5. The van der Waals surface area contributed by atoms with E-state index in [1.54, 1.807) is 65.8 Å². The number of nitro benzene ring substituents is 1. The van der Waals surface area contributed by atoms with Gasteiger partial charge in [0.15, 0.2) is 17.3 Å². The predicted molar refractivity (Wildman–Crippen MR) is 152 cm³/mol. The number of ketones is 3. The first-order valence-corrected chi connectivity index (χ1v) is 13.4. The lowest BCUT2D eigenvalue weighted by atomic mass is 9.63. The minimum atomic E-state index is -1.81. The molecule has 0 unspecified atom stereocenters. The summed E-state index contributed by atoms with van der Waals surface area (Å²) >= 11 is 6.10. The Morgan fingerprint density at radius 3 is 2.22 bits per heavy atom. The number of nitrogens with zero attached hydrogens (tertiary/aromatic N) is 3. The van der Waals surface area contributed by atoms with Gasteiger partial charge in [-0.05, 0) is 41.0 Å². The molecule has 0 saturated carbocycles. The van der Waals surface area contributed by atoms with Crippen LogP contribution in [0.4, 0.5) is 5.69 Å². The van der Waals surface area contributed by atoms with Gasteiger partial charge in [-0.25, -0.2) is 0 Å². The van der Waals surface area contributed by atoms with E-state index in [1.165, 1.54) is 18.2 Å². The van der Waals surface area contributed by atoms with Crippen molar-refractivity contribution < 1.29 is 19.3 Å². The number of hydrogen-bond donors (Lipinski definition) is 0. The van der Waals surface area contributed by atoms with E-state index < -0.39 is 39.9 Å². The third-order valence-electron chi connectivity index (χ3n) is 8.41. The van der Waals surface area contributed by atoms with Crippen molar-refractivity contribution in [2.45, 2.75) is 18.0 Å². The van der Waals surface area contributed by atoms with Crippen molar-refractivity contribution in [3.05, 3.63) is 146 Å². The molecule has 4 aromatic rings. The van der Waals surface area contributed by atoms with Gasteiger partial charge in [0.1, 0.15) is 11.5 Å². The molecular weight excluding hydrogens is 542 g/mol. The first kappa shape index (κ1) is 25.0. The highest BCUT2D eigenvalue weighted by Crippen LogP contribution is 2.64. The topological polar surface area (TPSA) is 110 Å². The Hall–Kier alpha value is -4.95. The van der Waals surface area contributed by atoms with Gasteiger partial charge >= 0.3 is 0 Å². The minimum absolute atomic E-state index is 0.209. The molecule has 3 atom stereocenters. The SMILES string of the molecule is O=C(c1ccc(Cl)cc1)[C@@H]1[C@@H](c2cccc([N+](=O)[O-])c2)C2(C(=O)c3ccccc3C2=O)[C@H]2c3ccccc3C=NN12. The molecule has 1 fully saturated rings. The number of hydrogen-bond acceptors (Lipinski definition) is 7. The third-order valence-corrected chi connectivity index (χ3v) is 8.67. The quantitative estimate of drug-likeness (QED) is 0.130. The molecule has 7 rings (SSSR count). The maximum atomic E-state index is 14.7. The molecule has 2 aliphatic heterocycles. The molecule has 1 spiro atoms. The van der Waals surface area contributed by atoms with Gasteiger partial charge in [0.05, 0.1) is 17.2 Å². The first-order valence-electron chi connectivity index (χ1n) is 13.0. The third kappa shape index (κ3) is 3.40. The van der Waals surface area contributed by atoms with Gasteiger partial charge in [-0.3, -0.25) is 29.5 Å². The van der Waals surface area contributed by atoms with E-state index in [4.69, 9.17) is 11.6 Å². The van der Waals surface area contributed by atoms with Crippen molar-refractivity contribution in [1.82, 2.24) is 5.01 Å². The van der Waals surface area contributed by atoms with Crippen molar-refractivity contribution in [2.24, 2.45) is 10.5 Å². The fourth-order valence-corrected chi connectivity index (χ4v) is 6.89. The number of nitro groups is 1. The van der Waals surface area contributed by atoms with Crippen LogP contribution in [0.25, 0.3) is 0 Å². The van der Waals surface area contributed by atoms with Gasteiger partial charge in [-0.1, -0.05) is 72.3 Å². The van der Waals surface area contributed by atoms with Crippen LogP contribution in [0.1, 0.15) is 59.7 Å². The number of hydrazone groups is 1. The number of rotatable bonds is 4. The van der Waals surface area contributed by atoms with Crippen LogP contribution in [0.15, 0.2) is 102 Å². The van der Waals surface area contributed by atoms with Gasteiger partial charge in [0.25, 0.3) is 5.69 Å². The summed E-state index contributed by atoms with van der Waals surface area (Å²) in [6.07, 6.45) is 1.62. The van der Waals surface area contributed by atoms with Gasteiger partial charge in [-0.2, -0.15) is 5.10 Å². The van der Waals surface area contributed by atoms with Crippen molar-refractivity contribution in [3.8, 4) is 0 Å². The number of carbonyl (C=O) groups excluding carboxylic acids is 3. The molecule has 0 radical (unpaired) electrons. The average molecular weight is 562 g/mol. The monoisotopic (exact) mass is 561 g/mol. The lowest BCUT2D eigenvalue weighted by molar-refractivity contribution is -0.384. The number of fused-ring (bicyclic) bond motifs is 5. The van der Waals surface area contributed by atoms with Gasteiger partial charge in [-0.15, -0.1) is 0 Å². The second-order valence-electron chi connectivity index (χ2n) is 10.4. The maximum absolute atomic E-state index is 14.7. The average Bonchev–Trinajstić information content (AvgIpc) is 3.43.